The Labute approximate surface area is 260 Å². The van der Waals surface area contributed by atoms with Gasteiger partial charge in [-0.2, -0.15) is 0 Å². The molecule has 3 atom stereocenters. The highest BCUT2D eigenvalue weighted by Crippen LogP contribution is 2.44. The number of amides is 1. The normalized spacial score (nSPS) is 22.9. The van der Waals surface area contributed by atoms with Crippen LogP contribution in [0, 0.1) is 11.8 Å². The predicted molar refractivity (Wildman–Crippen MR) is 172 cm³/mol. The van der Waals surface area contributed by atoms with Gasteiger partial charge in [-0.3, -0.25) is 4.79 Å². The Kier molecular flexibility index (Phi) is 8.11. The van der Waals surface area contributed by atoms with Crippen LogP contribution in [0.4, 0.5) is 11.4 Å². The van der Waals surface area contributed by atoms with Crippen LogP contribution < -0.4 is 19.3 Å². The zero-order valence-electron chi connectivity index (χ0n) is 25.1. The fourth-order valence-electron chi connectivity index (χ4n) is 7.04. The number of sulfonamides is 1. The molecule has 3 aromatic rings. The van der Waals surface area contributed by atoms with E-state index in [9.17, 15) is 13.2 Å². The van der Waals surface area contributed by atoms with E-state index < -0.39 is 15.9 Å². The van der Waals surface area contributed by atoms with E-state index in [4.69, 9.17) is 16.3 Å². The molecule has 43 heavy (non-hydrogen) atoms. The van der Waals surface area contributed by atoms with Crippen LogP contribution in [0.25, 0.3) is 0 Å². The third-order valence-electron chi connectivity index (χ3n) is 9.71. The molecule has 1 saturated carbocycles. The van der Waals surface area contributed by atoms with Crippen LogP contribution in [0.3, 0.4) is 0 Å². The van der Waals surface area contributed by atoms with Crippen molar-refractivity contribution in [2.24, 2.45) is 11.8 Å². The minimum atomic E-state index is -4.09. The lowest BCUT2D eigenvalue weighted by Gasteiger charge is -2.39. The first kappa shape index (κ1) is 29.8. The Hall–Kier alpha value is -3.23. The minimum absolute atomic E-state index is 0.0271. The molecule has 3 aliphatic rings. The molecular formula is C34H40ClN3O4S. The largest absolute Gasteiger partial charge is 0.490 e. The van der Waals surface area contributed by atoms with E-state index in [1.807, 2.05) is 43.4 Å². The van der Waals surface area contributed by atoms with Crippen molar-refractivity contribution in [3.63, 3.8) is 0 Å². The van der Waals surface area contributed by atoms with Gasteiger partial charge in [-0.1, -0.05) is 43.1 Å². The summed E-state index contributed by atoms with van der Waals surface area (Å²) >= 11 is 6.30. The van der Waals surface area contributed by atoms with Gasteiger partial charge in [-0.05, 0) is 96.7 Å². The smallest absolute Gasteiger partial charge is 0.264 e. The van der Waals surface area contributed by atoms with E-state index in [2.05, 4.69) is 34.6 Å². The number of halogens is 1. The Morgan fingerprint density at radius 1 is 1.14 bits per heavy atom. The summed E-state index contributed by atoms with van der Waals surface area (Å²) in [6.45, 7) is 4.44. The number of aryl methyl sites for hydroxylation is 1. The number of rotatable bonds is 7. The van der Waals surface area contributed by atoms with E-state index in [-0.39, 0.29) is 16.7 Å². The fourth-order valence-corrected chi connectivity index (χ4v) is 8.23. The maximum Gasteiger partial charge on any atom is 0.264 e. The molecule has 3 aromatic carbocycles. The first-order valence-electron chi connectivity index (χ1n) is 15.2. The Morgan fingerprint density at radius 2 is 1.98 bits per heavy atom. The van der Waals surface area contributed by atoms with Crippen LogP contribution in [-0.4, -0.2) is 48.1 Å². The lowest BCUT2D eigenvalue weighted by atomic mass is 9.70. The SMILES string of the molecule is C[C@@H]1CC[C@H]1CN(C)c1cccc(CC(=O)NS(=O)(=O)c2ccc3c(c2)N(C)C[C@@]2(CCCc4cc(Cl)ccc42)CO3)c1. The molecule has 2 aliphatic carbocycles. The van der Waals surface area contributed by atoms with Gasteiger partial charge in [0.2, 0.25) is 5.91 Å². The van der Waals surface area contributed by atoms with Crippen molar-refractivity contribution >= 4 is 38.9 Å². The molecule has 0 saturated heterocycles. The molecule has 6 rings (SSSR count). The summed E-state index contributed by atoms with van der Waals surface area (Å²) in [7, 11) is -0.0563. The molecular weight excluding hydrogens is 582 g/mol. The summed E-state index contributed by atoms with van der Waals surface area (Å²) < 4.78 is 35.3. The Morgan fingerprint density at radius 3 is 2.74 bits per heavy atom. The number of anilines is 2. The number of likely N-dealkylation sites (N-methyl/N-ethyl adjacent to an activating group) is 1. The van der Waals surface area contributed by atoms with Crippen LogP contribution in [0.2, 0.25) is 5.02 Å². The van der Waals surface area contributed by atoms with E-state index in [1.54, 1.807) is 12.1 Å². The monoisotopic (exact) mass is 621 g/mol. The van der Waals surface area contributed by atoms with E-state index in [0.29, 0.717) is 30.5 Å². The number of hydrogen-bond acceptors (Lipinski definition) is 6. The molecule has 0 aromatic heterocycles. The summed E-state index contributed by atoms with van der Waals surface area (Å²) in [5, 5.41) is 0.734. The highest BCUT2D eigenvalue weighted by atomic mass is 35.5. The molecule has 0 unspecified atom stereocenters. The molecule has 1 aliphatic heterocycles. The quantitative estimate of drug-likeness (QED) is 0.350. The zero-order valence-corrected chi connectivity index (χ0v) is 26.7. The Bertz CT molecular complexity index is 1640. The van der Waals surface area contributed by atoms with Crippen molar-refractivity contribution in [3.05, 3.63) is 82.4 Å². The van der Waals surface area contributed by atoms with Crippen molar-refractivity contribution in [1.29, 1.82) is 0 Å². The average Bonchev–Trinajstić information content (AvgIpc) is 3.10. The molecule has 1 heterocycles. The summed E-state index contributed by atoms with van der Waals surface area (Å²) in [5.41, 5.74) is 4.76. The van der Waals surface area contributed by atoms with Gasteiger partial charge in [0.1, 0.15) is 5.75 Å². The van der Waals surface area contributed by atoms with Gasteiger partial charge in [-0.15, -0.1) is 0 Å². The number of carbonyl (C=O) groups excluding carboxylic acids is 1. The second kappa shape index (κ2) is 11.7. The number of fused-ring (bicyclic) bond motifs is 3. The maximum absolute atomic E-state index is 13.4. The predicted octanol–water partition coefficient (Wildman–Crippen LogP) is 5.97. The standard InChI is InChI=1S/C34H40ClN3O4S/c1-23-9-10-26(23)20-37(2)28-8-4-6-24(16-28)17-33(39)36-43(40,41)29-12-14-32-31(19-29)38(3)21-34(22-42-32)15-5-7-25-18-27(35)11-13-30(25)34/h4,6,8,11-14,16,18-19,23,26H,5,7,9-10,15,17,20-22H2,1-3H3,(H,36,39)/t23-,26+,34+/m1/s1. The summed E-state index contributed by atoms with van der Waals surface area (Å²) in [6, 6.07) is 18.7. The molecule has 0 bridgehead atoms. The molecule has 0 radical (unpaired) electrons. The summed E-state index contributed by atoms with van der Waals surface area (Å²) in [4.78, 5) is 17.3. The van der Waals surface area contributed by atoms with Gasteiger partial charge in [-0.25, -0.2) is 13.1 Å². The molecule has 1 N–H and O–H groups in total. The molecule has 1 amide bonds. The summed E-state index contributed by atoms with van der Waals surface area (Å²) in [5.74, 6) is 1.49. The van der Waals surface area contributed by atoms with Crippen molar-refractivity contribution in [3.8, 4) is 5.75 Å². The van der Waals surface area contributed by atoms with E-state index in [1.165, 1.54) is 30.0 Å². The summed E-state index contributed by atoms with van der Waals surface area (Å²) in [6.07, 6.45) is 5.49. The van der Waals surface area contributed by atoms with E-state index in [0.717, 1.165) is 48.0 Å². The Balaban J connectivity index is 1.15. The van der Waals surface area contributed by atoms with Crippen molar-refractivity contribution < 1.29 is 17.9 Å². The third kappa shape index (κ3) is 6.09. The zero-order chi connectivity index (χ0) is 30.4. The minimum Gasteiger partial charge on any atom is -0.490 e. The molecule has 1 fully saturated rings. The highest BCUT2D eigenvalue weighted by molar-refractivity contribution is 7.90. The van der Waals surface area contributed by atoms with Gasteiger partial charge in [0.25, 0.3) is 10.0 Å². The molecule has 9 heteroatoms. The molecule has 7 nitrogen and oxygen atoms in total. The van der Waals surface area contributed by atoms with Gasteiger partial charge in [0.05, 0.1) is 23.6 Å². The van der Waals surface area contributed by atoms with Crippen molar-refractivity contribution in [2.45, 2.75) is 55.8 Å². The maximum atomic E-state index is 13.4. The van der Waals surface area contributed by atoms with Crippen LogP contribution in [-0.2, 0) is 33.1 Å². The topological polar surface area (TPSA) is 79.0 Å². The fraction of sp³-hybridized carbons (Fsp3) is 0.441. The van der Waals surface area contributed by atoms with Gasteiger partial charge < -0.3 is 14.5 Å². The number of nitrogens with one attached hydrogen (secondary N) is 1. The number of benzene rings is 3. The first-order chi connectivity index (χ1) is 20.5. The first-order valence-corrected chi connectivity index (χ1v) is 17.0. The number of hydrogen-bond donors (Lipinski definition) is 1. The second-order valence-electron chi connectivity index (χ2n) is 12.8. The van der Waals surface area contributed by atoms with Crippen LogP contribution in [0.15, 0.2) is 65.6 Å². The van der Waals surface area contributed by atoms with Gasteiger partial charge in [0, 0.05) is 43.3 Å². The van der Waals surface area contributed by atoms with Gasteiger partial charge >= 0.3 is 0 Å². The van der Waals surface area contributed by atoms with Crippen molar-refractivity contribution in [1.82, 2.24) is 4.72 Å². The third-order valence-corrected chi connectivity index (χ3v) is 11.3. The molecule has 228 valence electrons. The van der Waals surface area contributed by atoms with E-state index >= 15 is 0 Å². The number of carbonyl (C=O) groups is 1. The highest BCUT2D eigenvalue weighted by Gasteiger charge is 2.41. The lowest BCUT2D eigenvalue weighted by molar-refractivity contribution is -0.118. The number of nitrogens with zero attached hydrogens (tertiary/aromatic N) is 2. The molecule has 1 spiro atoms. The van der Waals surface area contributed by atoms with Crippen molar-refractivity contribution in [2.75, 3.05) is 43.6 Å². The lowest BCUT2D eigenvalue weighted by Crippen LogP contribution is -2.44. The number of ether oxygens (including phenoxy) is 1. The second-order valence-corrected chi connectivity index (χ2v) is 14.9. The van der Waals surface area contributed by atoms with Gasteiger partial charge in [0.15, 0.2) is 0 Å². The average molecular weight is 622 g/mol. The van der Waals surface area contributed by atoms with Crippen LogP contribution >= 0.6 is 11.6 Å². The van der Waals surface area contributed by atoms with Crippen LogP contribution in [0.5, 0.6) is 5.75 Å². The van der Waals surface area contributed by atoms with Crippen LogP contribution in [0.1, 0.15) is 49.3 Å².